The molecule has 110 valence electrons. The first-order chi connectivity index (χ1) is 8.56. The van der Waals surface area contributed by atoms with Gasteiger partial charge in [0.2, 0.25) is 5.91 Å². The molecule has 19 heavy (non-hydrogen) atoms. The summed E-state index contributed by atoms with van der Waals surface area (Å²) in [6, 6.07) is -3.17. The Labute approximate surface area is 104 Å². The Hall–Kier alpha value is -2.07. The highest BCUT2D eigenvalue weighted by Gasteiger charge is 2.41. The van der Waals surface area contributed by atoms with E-state index in [9.17, 15) is 31.9 Å². The van der Waals surface area contributed by atoms with E-state index in [0.29, 0.717) is 0 Å². The largest absolute Gasteiger partial charge is 0.480 e. The Morgan fingerprint density at radius 2 is 1.79 bits per heavy atom. The normalized spacial score (nSPS) is 12.9. The fourth-order valence-corrected chi connectivity index (χ4v) is 0.886. The number of hydrogen-bond donors (Lipinski definition) is 4. The molecule has 1 atom stereocenters. The second-order valence-electron chi connectivity index (χ2n) is 3.45. The van der Waals surface area contributed by atoms with Crippen LogP contribution in [0.25, 0.3) is 0 Å². The Balaban J connectivity index is 4.36. The molecule has 5 N–H and O–H groups in total. The Morgan fingerprint density at radius 3 is 2.16 bits per heavy atom. The molecule has 0 aliphatic carbocycles. The zero-order valence-electron chi connectivity index (χ0n) is 9.33. The van der Waals surface area contributed by atoms with Crippen LogP contribution in [0.4, 0.5) is 22.4 Å². The molecule has 0 radical (unpaired) electrons. The lowest BCUT2D eigenvalue weighted by atomic mass is 10.2. The maximum Gasteiger partial charge on any atom is 0.326 e. The molecule has 0 heterocycles. The first-order valence-electron chi connectivity index (χ1n) is 4.77. The molecule has 0 spiro atoms. The average Bonchev–Trinajstić information content (AvgIpc) is 2.24. The number of halogens is 4. The van der Waals surface area contributed by atoms with E-state index in [0.717, 1.165) is 0 Å². The summed E-state index contributed by atoms with van der Waals surface area (Å²) in [5, 5.41) is 11.6. The van der Waals surface area contributed by atoms with Crippen molar-refractivity contribution in [2.24, 2.45) is 5.73 Å². The lowest BCUT2D eigenvalue weighted by molar-refractivity contribution is -0.140. The molecular formula is C8H11F4N3O4. The van der Waals surface area contributed by atoms with Crippen molar-refractivity contribution < 1.29 is 37.1 Å². The highest BCUT2D eigenvalue weighted by atomic mass is 19.3. The summed E-state index contributed by atoms with van der Waals surface area (Å²) < 4.78 is 48.4. The monoisotopic (exact) mass is 289 g/mol. The minimum absolute atomic E-state index is 0.770. The second-order valence-corrected chi connectivity index (χ2v) is 3.45. The van der Waals surface area contributed by atoms with Crippen LogP contribution in [-0.4, -0.2) is 47.9 Å². The number of carboxylic acid groups (broad SMARTS) is 1. The number of aliphatic carboxylic acids is 1. The number of amides is 3. The van der Waals surface area contributed by atoms with Gasteiger partial charge in [0, 0.05) is 0 Å². The standard InChI is InChI=1S/C8H11F4N3O4/c9-6(10)8(11,12)2-14-7(19)15-3(5(17)18)1-4(13)16/h3,6H,1-2H2,(H2,13,16)(H,17,18)(H2,14,15,19)/t3-/m0/s1. The van der Waals surface area contributed by atoms with Crippen molar-refractivity contribution >= 4 is 17.9 Å². The predicted octanol–water partition coefficient (Wildman–Crippen LogP) is -0.485. The van der Waals surface area contributed by atoms with Crippen molar-refractivity contribution in [3.05, 3.63) is 0 Å². The molecule has 0 aromatic heterocycles. The minimum Gasteiger partial charge on any atom is -0.480 e. The third kappa shape index (κ3) is 6.43. The number of carbonyl (C=O) groups is 3. The summed E-state index contributed by atoms with van der Waals surface area (Å²) >= 11 is 0. The number of primary amides is 1. The molecule has 0 unspecified atom stereocenters. The second kappa shape index (κ2) is 6.75. The number of nitrogens with two attached hydrogens (primary N) is 1. The van der Waals surface area contributed by atoms with Crippen LogP contribution in [0.5, 0.6) is 0 Å². The van der Waals surface area contributed by atoms with Crippen LogP contribution >= 0.6 is 0 Å². The van der Waals surface area contributed by atoms with Gasteiger partial charge in [-0.3, -0.25) is 4.79 Å². The Kier molecular flexibility index (Phi) is 6.02. The quantitative estimate of drug-likeness (QED) is 0.473. The van der Waals surface area contributed by atoms with E-state index in [4.69, 9.17) is 10.8 Å². The topological polar surface area (TPSA) is 122 Å². The molecule has 0 fully saturated rings. The number of alkyl halides is 4. The third-order valence-electron chi connectivity index (χ3n) is 1.81. The minimum atomic E-state index is -4.44. The van der Waals surface area contributed by atoms with E-state index >= 15 is 0 Å². The van der Waals surface area contributed by atoms with Crippen LogP contribution < -0.4 is 16.4 Å². The fourth-order valence-electron chi connectivity index (χ4n) is 0.886. The fraction of sp³-hybridized carbons (Fsp3) is 0.625. The number of nitrogens with one attached hydrogen (secondary N) is 2. The van der Waals surface area contributed by atoms with Gasteiger partial charge in [-0.2, -0.15) is 8.78 Å². The summed E-state index contributed by atoms with van der Waals surface area (Å²) in [6.45, 7) is -1.68. The number of hydrogen-bond acceptors (Lipinski definition) is 3. The highest BCUT2D eigenvalue weighted by molar-refractivity contribution is 5.87. The molecule has 0 bridgehead atoms. The van der Waals surface area contributed by atoms with Crippen LogP contribution in [0.15, 0.2) is 0 Å². The lowest BCUT2D eigenvalue weighted by Gasteiger charge is -2.17. The van der Waals surface area contributed by atoms with Crippen molar-refractivity contribution in [2.75, 3.05) is 6.54 Å². The number of urea groups is 1. The van der Waals surface area contributed by atoms with Crippen LogP contribution in [0.3, 0.4) is 0 Å². The molecule has 11 heteroatoms. The van der Waals surface area contributed by atoms with Crippen LogP contribution in [0.1, 0.15) is 6.42 Å². The van der Waals surface area contributed by atoms with Gasteiger partial charge in [0.1, 0.15) is 6.04 Å². The van der Waals surface area contributed by atoms with Crippen LogP contribution in [-0.2, 0) is 9.59 Å². The van der Waals surface area contributed by atoms with Crippen molar-refractivity contribution in [3.8, 4) is 0 Å². The summed E-state index contributed by atoms with van der Waals surface area (Å²) in [5.41, 5.74) is 4.70. The van der Waals surface area contributed by atoms with E-state index in [-0.39, 0.29) is 0 Å². The Bertz CT molecular complexity index is 364. The molecule has 7 nitrogen and oxygen atoms in total. The van der Waals surface area contributed by atoms with Gasteiger partial charge in [0.15, 0.2) is 0 Å². The first-order valence-corrected chi connectivity index (χ1v) is 4.77. The molecule has 0 aliphatic rings. The van der Waals surface area contributed by atoms with E-state index < -0.39 is 49.3 Å². The van der Waals surface area contributed by atoms with E-state index in [1.165, 1.54) is 5.32 Å². The molecule has 3 amide bonds. The van der Waals surface area contributed by atoms with Crippen LogP contribution in [0, 0.1) is 0 Å². The summed E-state index contributed by atoms with van der Waals surface area (Å²) in [5.74, 6) is -7.13. The van der Waals surface area contributed by atoms with Gasteiger partial charge < -0.3 is 21.5 Å². The highest BCUT2D eigenvalue weighted by Crippen LogP contribution is 2.21. The van der Waals surface area contributed by atoms with Gasteiger partial charge in [0.05, 0.1) is 13.0 Å². The van der Waals surface area contributed by atoms with Crippen LogP contribution in [0.2, 0.25) is 0 Å². The van der Waals surface area contributed by atoms with E-state index in [1.54, 1.807) is 5.32 Å². The lowest BCUT2D eigenvalue weighted by Crippen LogP contribution is -2.51. The average molecular weight is 289 g/mol. The molecule has 0 aliphatic heterocycles. The zero-order chi connectivity index (χ0) is 15.2. The van der Waals surface area contributed by atoms with E-state index in [1.807, 2.05) is 0 Å². The molecule has 0 aromatic rings. The number of carboxylic acids is 1. The third-order valence-corrected chi connectivity index (χ3v) is 1.81. The summed E-state index contributed by atoms with van der Waals surface area (Å²) in [7, 11) is 0. The summed E-state index contributed by atoms with van der Waals surface area (Å²) in [6.07, 6.45) is -4.75. The molecule has 0 saturated heterocycles. The first kappa shape index (κ1) is 16.9. The molecule has 0 rings (SSSR count). The maximum absolute atomic E-state index is 12.4. The zero-order valence-corrected chi connectivity index (χ0v) is 9.33. The van der Waals surface area contributed by atoms with Gasteiger partial charge in [-0.25, -0.2) is 18.4 Å². The molecule has 0 saturated carbocycles. The van der Waals surface area contributed by atoms with Gasteiger partial charge in [-0.05, 0) is 0 Å². The van der Waals surface area contributed by atoms with Gasteiger partial charge in [-0.1, -0.05) is 0 Å². The SMILES string of the molecule is NC(=O)C[C@H](NC(=O)NCC(F)(F)C(F)F)C(=O)O. The van der Waals surface area contributed by atoms with Crippen molar-refractivity contribution in [2.45, 2.75) is 24.8 Å². The van der Waals surface area contributed by atoms with E-state index in [2.05, 4.69) is 0 Å². The number of carbonyl (C=O) groups excluding carboxylic acids is 2. The van der Waals surface area contributed by atoms with Gasteiger partial charge in [-0.15, -0.1) is 0 Å². The van der Waals surface area contributed by atoms with Crippen molar-refractivity contribution in [3.63, 3.8) is 0 Å². The van der Waals surface area contributed by atoms with Gasteiger partial charge >= 0.3 is 24.3 Å². The molecule has 0 aromatic carbocycles. The summed E-state index contributed by atoms with van der Waals surface area (Å²) in [4.78, 5) is 32.0. The molecular weight excluding hydrogens is 278 g/mol. The smallest absolute Gasteiger partial charge is 0.326 e. The van der Waals surface area contributed by atoms with Crippen molar-refractivity contribution in [1.29, 1.82) is 0 Å². The maximum atomic E-state index is 12.4. The van der Waals surface area contributed by atoms with Gasteiger partial charge in [0.25, 0.3) is 0 Å². The number of rotatable bonds is 7. The predicted molar refractivity (Wildman–Crippen MR) is 52.7 cm³/mol. The Morgan fingerprint density at radius 1 is 1.26 bits per heavy atom. The van der Waals surface area contributed by atoms with Crippen molar-refractivity contribution in [1.82, 2.24) is 10.6 Å².